The van der Waals surface area contributed by atoms with Crippen molar-refractivity contribution in [3.8, 4) is 0 Å². The van der Waals surface area contributed by atoms with E-state index in [-0.39, 0.29) is 24.6 Å². The first-order chi connectivity index (χ1) is 15.6. The van der Waals surface area contributed by atoms with Gasteiger partial charge < -0.3 is 14.7 Å². The molecule has 160 valence electrons. The van der Waals surface area contributed by atoms with Gasteiger partial charge in [-0.3, -0.25) is 14.5 Å². The lowest BCUT2D eigenvalue weighted by molar-refractivity contribution is -0.147. The molecule has 32 heavy (non-hydrogen) atoms. The van der Waals surface area contributed by atoms with Crippen LogP contribution in [0.4, 0.5) is 11.4 Å². The predicted molar refractivity (Wildman–Crippen MR) is 121 cm³/mol. The van der Waals surface area contributed by atoms with Crippen LogP contribution in [0.3, 0.4) is 0 Å². The summed E-state index contributed by atoms with van der Waals surface area (Å²) in [6.45, 7) is -0.356. The molecule has 2 heterocycles. The van der Waals surface area contributed by atoms with E-state index in [2.05, 4.69) is 9.97 Å². The van der Waals surface area contributed by atoms with Crippen LogP contribution >= 0.6 is 0 Å². The Bertz CT molecular complexity index is 1340. The number of aryl methyl sites for hydroxylation is 2. The number of rotatable bonds is 4. The zero-order chi connectivity index (χ0) is 22.1. The van der Waals surface area contributed by atoms with Gasteiger partial charge in [-0.15, -0.1) is 0 Å². The van der Waals surface area contributed by atoms with E-state index in [1.807, 2.05) is 48.5 Å². The quantitative estimate of drug-likeness (QED) is 0.488. The number of anilines is 2. The summed E-state index contributed by atoms with van der Waals surface area (Å²) in [5, 5.41) is 0. The van der Waals surface area contributed by atoms with Crippen LogP contribution in [0.15, 0.2) is 71.5 Å². The number of hydrogen-bond acceptors (Lipinski definition) is 4. The molecule has 0 atom stereocenters. The molecule has 1 aliphatic heterocycles. The second-order valence-corrected chi connectivity index (χ2v) is 7.78. The molecule has 0 saturated carbocycles. The Morgan fingerprint density at radius 3 is 2.16 bits per heavy atom. The van der Waals surface area contributed by atoms with Crippen LogP contribution in [0.25, 0.3) is 11.0 Å². The van der Waals surface area contributed by atoms with Gasteiger partial charge >= 0.3 is 11.7 Å². The number of para-hydroxylation sites is 2. The molecular weight excluding hydrogens is 406 g/mol. The van der Waals surface area contributed by atoms with Crippen LogP contribution in [0.1, 0.15) is 16.7 Å². The lowest BCUT2D eigenvalue weighted by atomic mass is 10.0. The van der Waals surface area contributed by atoms with Crippen molar-refractivity contribution in [2.75, 3.05) is 11.5 Å². The number of imidazole rings is 1. The molecule has 0 unspecified atom stereocenters. The molecule has 0 aliphatic carbocycles. The Labute approximate surface area is 183 Å². The molecule has 1 aromatic heterocycles. The van der Waals surface area contributed by atoms with E-state index in [4.69, 9.17) is 4.74 Å². The maximum atomic E-state index is 13.2. The fraction of sp³-hybridized carbons (Fsp3) is 0.160. The number of H-pyrrole nitrogens is 2. The molecule has 2 N–H and O–H groups in total. The van der Waals surface area contributed by atoms with Gasteiger partial charge in [-0.05, 0) is 53.8 Å². The fourth-order valence-corrected chi connectivity index (χ4v) is 4.16. The average molecular weight is 427 g/mol. The number of fused-ring (bicyclic) bond motifs is 3. The number of ether oxygens (including phenoxy) is 1. The molecule has 0 saturated heterocycles. The number of hydrogen-bond donors (Lipinski definition) is 2. The normalized spacial score (nSPS) is 12.7. The monoisotopic (exact) mass is 427 g/mol. The summed E-state index contributed by atoms with van der Waals surface area (Å²) in [6.07, 6.45) is 1.67. The van der Waals surface area contributed by atoms with Gasteiger partial charge in [0.05, 0.1) is 28.8 Å². The van der Waals surface area contributed by atoms with Gasteiger partial charge in [0.15, 0.2) is 6.61 Å². The van der Waals surface area contributed by atoms with Gasteiger partial charge in [-0.25, -0.2) is 4.79 Å². The van der Waals surface area contributed by atoms with Crippen molar-refractivity contribution in [3.05, 3.63) is 93.9 Å². The number of aromatic amines is 2. The summed E-state index contributed by atoms with van der Waals surface area (Å²) in [7, 11) is 0. The Hall–Kier alpha value is -4.13. The predicted octanol–water partition coefficient (Wildman–Crippen LogP) is 3.41. The maximum absolute atomic E-state index is 13.2. The highest BCUT2D eigenvalue weighted by molar-refractivity contribution is 6.03. The third-order valence-corrected chi connectivity index (χ3v) is 5.66. The Kier molecular flexibility index (Phi) is 5.07. The molecule has 0 spiro atoms. The number of esters is 1. The molecular formula is C25H21N3O4. The SMILES string of the molecule is O=C(Cc1ccc2[nH]c(=O)[nH]c2c1)OCC(=O)N1c2ccccc2CCc2ccccc21. The van der Waals surface area contributed by atoms with E-state index in [1.54, 1.807) is 23.1 Å². The molecule has 7 heteroatoms. The zero-order valence-electron chi connectivity index (χ0n) is 17.3. The molecule has 1 amide bonds. The van der Waals surface area contributed by atoms with Crippen LogP contribution in [-0.4, -0.2) is 28.5 Å². The van der Waals surface area contributed by atoms with Crippen LogP contribution in [0, 0.1) is 0 Å². The van der Waals surface area contributed by atoms with Crippen molar-refractivity contribution < 1.29 is 14.3 Å². The van der Waals surface area contributed by atoms with Gasteiger partial charge in [-0.2, -0.15) is 0 Å². The van der Waals surface area contributed by atoms with Gasteiger partial charge in [0, 0.05) is 0 Å². The number of nitrogens with one attached hydrogen (secondary N) is 2. The van der Waals surface area contributed by atoms with E-state index < -0.39 is 5.97 Å². The van der Waals surface area contributed by atoms with Gasteiger partial charge in [-0.1, -0.05) is 42.5 Å². The zero-order valence-corrected chi connectivity index (χ0v) is 17.3. The number of benzene rings is 3. The minimum absolute atomic E-state index is 0.00358. The summed E-state index contributed by atoms with van der Waals surface area (Å²) in [4.78, 5) is 44.0. The average Bonchev–Trinajstić information content (AvgIpc) is 3.08. The highest BCUT2D eigenvalue weighted by atomic mass is 16.5. The second kappa shape index (κ2) is 8.19. The lowest BCUT2D eigenvalue weighted by Gasteiger charge is -2.24. The van der Waals surface area contributed by atoms with E-state index >= 15 is 0 Å². The molecule has 0 fully saturated rings. The van der Waals surface area contributed by atoms with E-state index in [0.29, 0.717) is 16.6 Å². The number of nitrogens with zero attached hydrogens (tertiary/aromatic N) is 1. The van der Waals surface area contributed by atoms with Crippen molar-refractivity contribution in [1.29, 1.82) is 0 Å². The summed E-state index contributed by atoms with van der Waals surface area (Å²) in [6, 6.07) is 20.8. The lowest BCUT2D eigenvalue weighted by Crippen LogP contribution is -2.31. The van der Waals surface area contributed by atoms with Crippen molar-refractivity contribution in [2.24, 2.45) is 0 Å². The molecule has 0 bridgehead atoms. The highest BCUT2D eigenvalue weighted by Gasteiger charge is 2.26. The largest absolute Gasteiger partial charge is 0.455 e. The van der Waals surface area contributed by atoms with Gasteiger partial charge in [0.2, 0.25) is 0 Å². The molecule has 1 aliphatic rings. The minimum atomic E-state index is -0.507. The van der Waals surface area contributed by atoms with Crippen molar-refractivity contribution >= 4 is 34.3 Å². The molecule has 7 nitrogen and oxygen atoms in total. The summed E-state index contributed by atoms with van der Waals surface area (Å²) in [5.41, 5.74) is 5.48. The molecule has 5 rings (SSSR count). The highest BCUT2D eigenvalue weighted by Crippen LogP contribution is 2.35. The van der Waals surface area contributed by atoms with Gasteiger partial charge in [0.25, 0.3) is 5.91 Å². The number of carbonyl (C=O) groups is 2. The topological polar surface area (TPSA) is 95.3 Å². The minimum Gasteiger partial charge on any atom is -0.455 e. The van der Waals surface area contributed by atoms with Crippen LogP contribution < -0.4 is 10.6 Å². The summed E-state index contributed by atoms with van der Waals surface area (Å²) >= 11 is 0. The van der Waals surface area contributed by atoms with Crippen LogP contribution in [0.5, 0.6) is 0 Å². The van der Waals surface area contributed by atoms with E-state index in [1.165, 1.54) is 0 Å². The third kappa shape index (κ3) is 3.80. The smallest absolute Gasteiger partial charge is 0.323 e. The molecule has 3 aromatic carbocycles. The summed E-state index contributed by atoms with van der Waals surface area (Å²) < 4.78 is 5.34. The van der Waals surface area contributed by atoms with Gasteiger partial charge in [0.1, 0.15) is 0 Å². The first-order valence-electron chi connectivity index (χ1n) is 10.4. The van der Waals surface area contributed by atoms with Crippen LogP contribution in [0.2, 0.25) is 0 Å². The maximum Gasteiger partial charge on any atom is 0.323 e. The van der Waals surface area contributed by atoms with Crippen LogP contribution in [-0.2, 0) is 33.6 Å². The Morgan fingerprint density at radius 1 is 0.844 bits per heavy atom. The Balaban J connectivity index is 1.33. The number of carbonyl (C=O) groups excluding carboxylic acids is 2. The molecule has 4 aromatic rings. The van der Waals surface area contributed by atoms with E-state index in [0.717, 1.165) is 35.3 Å². The Morgan fingerprint density at radius 2 is 1.47 bits per heavy atom. The standard InChI is InChI=1S/C25H21N3O4/c29-23(15-32-24(30)14-16-9-12-19-20(13-16)27-25(31)26-19)28-21-7-3-1-5-17(21)10-11-18-6-2-4-8-22(18)28/h1-9,12-13H,10-11,14-15H2,(H2,26,27,31). The van der Waals surface area contributed by atoms with Crippen molar-refractivity contribution in [3.63, 3.8) is 0 Å². The first-order valence-corrected chi connectivity index (χ1v) is 10.4. The number of aromatic nitrogens is 2. The van der Waals surface area contributed by atoms with E-state index in [9.17, 15) is 14.4 Å². The second-order valence-electron chi connectivity index (χ2n) is 7.78. The summed E-state index contributed by atoms with van der Waals surface area (Å²) in [5.74, 6) is -0.808. The molecule has 0 radical (unpaired) electrons. The third-order valence-electron chi connectivity index (χ3n) is 5.66. The van der Waals surface area contributed by atoms with Crippen molar-refractivity contribution in [2.45, 2.75) is 19.3 Å². The first kappa shape index (κ1) is 19.8. The fourth-order valence-electron chi connectivity index (χ4n) is 4.16. The number of amides is 1. The van der Waals surface area contributed by atoms with Crippen molar-refractivity contribution in [1.82, 2.24) is 9.97 Å².